The second-order valence-electron chi connectivity index (χ2n) is 4.74. The van der Waals surface area contributed by atoms with Crippen LogP contribution < -0.4 is 4.90 Å². The quantitative estimate of drug-likeness (QED) is 0.808. The van der Waals surface area contributed by atoms with Crippen molar-refractivity contribution < 1.29 is 4.79 Å². The highest BCUT2D eigenvalue weighted by molar-refractivity contribution is 5.99. The first-order chi connectivity index (χ1) is 9.06. The van der Waals surface area contributed by atoms with Crippen molar-refractivity contribution in [1.82, 2.24) is 0 Å². The molecule has 0 aliphatic carbocycles. The molecule has 0 heterocycles. The average Bonchev–Trinajstić information content (AvgIpc) is 2.44. The number of hydrogen-bond acceptors (Lipinski definition) is 2. The van der Waals surface area contributed by atoms with Gasteiger partial charge in [-0.05, 0) is 38.3 Å². The van der Waals surface area contributed by atoms with Crippen LogP contribution in [-0.4, -0.2) is 12.5 Å². The molecule has 0 aliphatic heterocycles. The van der Waals surface area contributed by atoms with Gasteiger partial charge in [-0.15, -0.1) is 0 Å². The highest BCUT2D eigenvalue weighted by Crippen LogP contribution is 2.31. The maximum Gasteiger partial charge on any atom is 0.247 e. The van der Waals surface area contributed by atoms with Gasteiger partial charge in [0.05, 0.1) is 6.07 Å². The fourth-order valence-corrected chi connectivity index (χ4v) is 2.31. The van der Waals surface area contributed by atoms with Crippen molar-refractivity contribution in [2.24, 2.45) is 5.41 Å². The van der Waals surface area contributed by atoms with E-state index in [0.717, 1.165) is 11.3 Å². The normalized spacial score (nSPS) is 10.9. The molecule has 0 bridgehead atoms. The fraction of sp³-hybridized carbons (Fsp3) is 0.500. The van der Waals surface area contributed by atoms with E-state index in [4.69, 9.17) is 0 Å². The van der Waals surface area contributed by atoms with Crippen molar-refractivity contribution in [3.8, 4) is 6.07 Å². The minimum absolute atomic E-state index is 0.0863. The summed E-state index contributed by atoms with van der Waals surface area (Å²) in [7, 11) is 0. The second-order valence-corrected chi connectivity index (χ2v) is 4.74. The summed E-state index contributed by atoms with van der Waals surface area (Å²) in [6.07, 6.45) is 1.09. The lowest BCUT2D eigenvalue weighted by Gasteiger charge is -2.31. The first-order valence-electron chi connectivity index (χ1n) is 6.85. The number of anilines is 1. The third kappa shape index (κ3) is 2.78. The van der Waals surface area contributed by atoms with Crippen LogP contribution in [0.25, 0.3) is 0 Å². The summed E-state index contributed by atoms with van der Waals surface area (Å²) in [5, 5.41) is 9.41. The third-order valence-corrected chi connectivity index (χ3v) is 3.80. The van der Waals surface area contributed by atoms with Gasteiger partial charge in [0.15, 0.2) is 0 Å². The lowest BCUT2D eigenvalue weighted by atomic mass is 9.82. The third-order valence-electron chi connectivity index (χ3n) is 3.80. The van der Waals surface area contributed by atoms with E-state index in [1.165, 1.54) is 0 Å². The summed E-state index contributed by atoms with van der Waals surface area (Å²) < 4.78 is 0. The molecule has 0 aromatic heterocycles. The van der Waals surface area contributed by atoms with E-state index in [-0.39, 0.29) is 5.91 Å². The van der Waals surface area contributed by atoms with Crippen LogP contribution in [0.2, 0.25) is 0 Å². The van der Waals surface area contributed by atoms with Gasteiger partial charge in [-0.3, -0.25) is 4.79 Å². The number of rotatable bonds is 5. The highest BCUT2D eigenvalue weighted by Gasteiger charge is 2.38. The largest absolute Gasteiger partial charge is 0.311 e. The smallest absolute Gasteiger partial charge is 0.247 e. The maximum absolute atomic E-state index is 12.7. The minimum atomic E-state index is -0.904. The van der Waals surface area contributed by atoms with Gasteiger partial charge in [0, 0.05) is 12.2 Å². The summed E-state index contributed by atoms with van der Waals surface area (Å²) in [6.45, 7) is 8.30. The van der Waals surface area contributed by atoms with Crippen molar-refractivity contribution >= 4 is 11.6 Å². The Morgan fingerprint density at radius 2 is 1.84 bits per heavy atom. The molecule has 0 saturated heterocycles. The van der Waals surface area contributed by atoms with Gasteiger partial charge in [0.2, 0.25) is 5.91 Å². The molecule has 1 aromatic carbocycles. The maximum atomic E-state index is 12.7. The predicted molar refractivity (Wildman–Crippen MR) is 77.8 cm³/mol. The van der Waals surface area contributed by atoms with E-state index in [0.29, 0.717) is 19.4 Å². The van der Waals surface area contributed by atoms with E-state index in [1.54, 1.807) is 4.90 Å². The Labute approximate surface area is 115 Å². The standard InChI is InChI=1S/C16H22N2O/c1-5-16(6-2,12-17)15(19)18(7-3)14-11-9-8-10-13(14)4/h8-11H,5-7H2,1-4H3. The Morgan fingerprint density at radius 1 is 1.26 bits per heavy atom. The Balaban J connectivity index is 3.22. The SMILES string of the molecule is CCN(C(=O)C(C#N)(CC)CC)c1ccccc1C. The first kappa shape index (κ1) is 15.2. The van der Waals surface area contributed by atoms with Crippen molar-refractivity contribution in [2.45, 2.75) is 40.5 Å². The van der Waals surface area contributed by atoms with E-state index < -0.39 is 5.41 Å². The van der Waals surface area contributed by atoms with Crippen LogP contribution in [0.4, 0.5) is 5.69 Å². The zero-order valence-electron chi connectivity index (χ0n) is 12.2. The molecule has 19 heavy (non-hydrogen) atoms. The monoisotopic (exact) mass is 258 g/mol. The molecule has 3 heteroatoms. The zero-order chi connectivity index (χ0) is 14.5. The molecule has 0 spiro atoms. The molecule has 1 rings (SSSR count). The molecule has 0 radical (unpaired) electrons. The van der Waals surface area contributed by atoms with Crippen molar-refractivity contribution in [2.75, 3.05) is 11.4 Å². The highest BCUT2D eigenvalue weighted by atomic mass is 16.2. The summed E-state index contributed by atoms with van der Waals surface area (Å²) in [5.74, 6) is -0.0863. The van der Waals surface area contributed by atoms with Gasteiger partial charge in [-0.25, -0.2) is 0 Å². The Bertz CT molecular complexity index is 484. The summed E-state index contributed by atoms with van der Waals surface area (Å²) >= 11 is 0. The van der Waals surface area contributed by atoms with Crippen molar-refractivity contribution in [3.05, 3.63) is 29.8 Å². The Hall–Kier alpha value is -1.82. The van der Waals surface area contributed by atoms with Gasteiger partial charge in [0.25, 0.3) is 0 Å². The molecule has 1 amide bonds. The predicted octanol–water partition coefficient (Wildman–Crippen LogP) is 3.68. The molecular weight excluding hydrogens is 236 g/mol. The molecule has 3 nitrogen and oxygen atoms in total. The van der Waals surface area contributed by atoms with Gasteiger partial charge in [-0.2, -0.15) is 5.26 Å². The molecule has 0 fully saturated rings. The zero-order valence-corrected chi connectivity index (χ0v) is 12.2. The number of carbonyl (C=O) groups is 1. The van der Waals surface area contributed by atoms with Crippen molar-refractivity contribution in [3.63, 3.8) is 0 Å². The number of para-hydroxylation sites is 1. The van der Waals surface area contributed by atoms with Crippen LogP contribution in [0, 0.1) is 23.7 Å². The van der Waals surface area contributed by atoms with E-state index in [1.807, 2.05) is 52.0 Å². The van der Waals surface area contributed by atoms with E-state index >= 15 is 0 Å². The molecule has 0 saturated carbocycles. The topological polar surface area (TPSA) is 44.1 Å². The minimum Gasteiger partial charge on any atom is -0.311 e. The molecule has 0 aliphatic rings. The van der Waals surface area contributed by atoms with Gasteiger partial charge >= 0.3 is 0 Å². The van der Waals surface area contributed by atoms with Crippen LogP contribution in [0.15, 0.2) is 24.3 Å². The number of aryl methyl sites for hydroxylation is 1. The van der Waals surface area contributed by atoms with Crippen LogP contribution in [-0.2, 0) is 4.79 Å². The van der Waals surface area contributed by atoms with Gasteiger partial charge in [-0.1, -0.05) is 32.0 Å². The van der Waals surface area contributed by atoms with Gasteiger partial charge in [0.1, 0.15) is 5.41 Å². The van der Waals surface area contributed by atoms with Crippen LogP contribution in [0.1, 0.15) is 39.2 Å². The average molecular weight is 258 g/mol. The van der Waals surface area contributed by atoms with Gasteiger partial charge < -0.3 is 4.90 Å². The summed E-state index contributed by atoms with van der Waals surface area (Å²) in [5.41, 5.74) is 1.05. The van der Waals surface area contributed by atoms with E-state index in [9.17, 15) is 10.1 Å². The van der Waals surface area contributed by atoms with E-state index in [2.05, 4.69) is 6.07 Å². The summed E-state index contributed by atoms with van der Waals surface area (Å²) in [6, 6.07) is 10.0. The number of nitriles is 1. The molecular formula is C16H22N2O. The number of nitrogens with zero attached hydrogens (tertiary/aromatic N) is 2. The fourth-order valence-electron chi connectivity index (χ4n) is 2.31. The second kappa shape index (κ2) is 6.38. The lowest BCUT2D eigenvalue weighted by Crippen LogP contribution is -2.43. The van der Waals surface area contributed by atoms with Crippen LogP contribution in [0.5, 0.6) is 0 Å². The summed E-state index contributed by atoms with van der Waals surface area (Å²) in [4.78, 5) is 14.5. The molecule has 0 N–H and O–H groups in total. The van der Waals surface area contributed by atoms with Crippen molar-refractivity contribution in [1.29, 1.82) is 5.26 Å². The Morgan fingerprint density at radius 3 is 2.26 bits per heavy atom. The number of carbonyl (C=O) groups excluding carboxylic acids is 1. The van der Waals surface area contributed by atoms with Crippen LogP contribution >= 0.6 is 0 Å². The number of hydrogen-bond donors (Lipinski definition) is 0. The number of benzene rings is 1. The Kier molecular flexibility index (Phi) is 5.11. The van der Waals surface area contributed by atoms with Crippen LogP contribution in [0.3, 0.4) is 0 Å². The molecule has 0 unspecified atom stereocenters. The first-order valence-corrected chi connectivity index (χ1v) is 6.85. The molecule has 1 aromatic rings. The lowest BCUT2D eigenvalue weighted by molar-refractivity contribution is -0.125. The number of amides is 1. The molecule has 102 valence electrons. The molecule has 0 atom stereocenters.